The van der Waals surface area contributed by atoms with Crippen LogP contribution in [0.25, 0.3) is 11.3 Å². The van der Waals surface area contributed by atoms with Crippen molar-refractivity contribution in [3.63, 3.8) is 0 Å². The van der Waals surface area contributed by atoms with Crippen LogP contribution >= 0.6 is 0 Å². The van der Waals surface area contributed by atoms with Crippen molar-refractivity contribution in [2.75, 3.05) is 45.3 Å². The van der Waals surface area contributed by atoms with E-state index in [4.69, 9.17) is 9.47 Å². The van der Waals surface area contributed by atoms with Gasteiger partial charge in [-0.3, -0.25) is 9.89 Å². The Labute approximate surface area is 180 Å². The number of amides is 1. The number of halogens is 1. The monoisotopic (exact) mass is 424 g/mol. The average Bonchev–Trinajstić information content (AvgIpc) is 3.16. The molecule has 0 atom stereocenters. The number of aromatic amines is 1. The molecule has 2 heterocycles. The fourth-order valence-corrected chi connectivity index (χ4v) is 3.71. The molecule has 162 valence electrons. The summed E-state index contributed by atoms with van der Waals surface area (Å²) >= 11 is 0. The number of nitrogens with one attached hydrogen (secondary N) is 1. The lowest BCUT2D eigenvalue weighted by molar-refractivity contribution is 0.0766. The molecule has 0 saturated carbocycles. The molecule has 2 aromatic carbocycles. The van der Waals surface area contributed by atoms with E-state index in [-0.39, 0.29) is 11.7 Å². The van der Waals surface area contributed by atoms with E-state index in [1.54, 1.807) is 44.6 Å². The molecule has 4 rings (SSSR count). The molecule has 1 aromatic heterocycles. The normalized spacial score (nSPS) is 14.3. The zero-order valence-corrected chi connectivity index (χ0v) is 17.6. The van der Waals surface area contributed by atoms with Crippen LogP contribution in [-0.2, 0) is 0 Å². The van der Waals surface area contributed by atoms with Gasteiger partial charge in [-0.15, -0.1) is 0 Å². The third-order valence-corrected chi connectivity index (χ3v) is 5.43. The molecule has 1 saturated heterocycles. The summed E-state index contributed by atoms with van der Waals surface area (Å²) < 4.78 is 23.7. The maximum atomic E-state index is 13.2. The van der Waals surface area contributed by atoms with E-state index < -0.39 is 0 Å². The molecule has 1 fully saturated rings. The summed E-state index contributed by atoms with van der Waals surface area (Å²) in [5.41, 5.74) is 2.25. The Kier molecular flexibility index (Phi) is 6.06. The van der Waals surface area contributed by atoms with Crippen LogP contribution < -0.4 is 14.4 Å². The second kappa shape index (κ2) is 9.07. The van der Waals surface area contributed by atoms with Crippen molar-refractivity contribution < 1.29 is 18.7 Å². The number of nitrogens with zero attached hydrogens (tertiary/aromatic N) is 3. The van der Waals surface area contributed by atoms with Gasteiger partial charge in [0.25, 0.3) is 5.91 Å². The lowest BCUT2D eigenvalue weighted by atomic mass is 10.1. The first-order valence-corrected chi connectivity index (χ1v) is 10.2. The number of ether oxygens (including phenoxy) is 2. The molecule has 1 aliphatic heterocycles. The summed E-state index contributed by atoms with van der Waals surface area (Å²) in [4.78, 5) is 17.1. The highest BCUT2D eigenvalue weighted by Gasteiger charge is 2.22. The first kappa shape index (κ1) is 20.7. The maximum Gasteiger partial charge on any atom is 0.254 e. The van der Waals surface area contributed by atoms with Crippen LogP contribution in [0.2, 0.25) is 0 Å². The summed E-state index contributed by atoms with van der Waals surface area (Å²) in [5, 5.41) is 7.45. The van der Waals surface area contributed by atoms with Crippen LogP contribution in [0.3, 0.4) is 0 Å². The number of benzene rings is 2. The number of carbonyl (C=O) groups is 1. The van der Waals surface area contributed by atoms with Gasteiger partial charge in [0.1, 0.15) is 17.3 Å². The number of carbonyl (C=O) groups excluding carboxylic acids is 1. The zero-order valence-electron chi connectivity index (χ0n) is 17.6. The van der Waals surface area contributed by atoms with Gasteiger partial charge in [-0.1, -0.05) is 0 Å². The van der Waals surface area contributed by atoms with Crippen molar-refractivity contribution in [1.82, 2.24) is 15.1 Å². The molecule has 0 aliphatic carbocycles. The minimum absolute atomic E-state index is 0.0481. The molecule has 0 bridgehead atoms. The van der Waals surface area contributed by atoms with Gasteiger partial charge in [0.2, 0.25) is 0 Å². The summed E-state index contributed by atoms with van der Waals surface area (Å²) in [7, 11) is 3.13. The van der Waals surface area contributed by atoms with E-state index in [1.165, 1.54) is 12.1 Å². The Hall–Kier alpha value is -3.55. The van der Waals surface area contributed by atoms with Crippen LogP contribution in [0, 0.1) is 5.82 Å². The number of hydrogen-bond acceptors (Lipinski definition) is 5. The fraction of sp³-hybridized carbons (Fsp3) is 0.304. The van der Waals surface area contributed by atoms with Crippen molar-refractivity contribution in [3.8, 4) is 22.8 Å². The molecule has 0 spiro atoms. The van der Waals surface area contributed by atoms with Crippen LogP contribution in [-0.4, -0.2) is 61.4 Å². The van der Waals surface area contributed by atoms with Crippen LogP contribution in [0.5, 0.6) is 11.5 Å². The third kappa shape index (κ3) is 4.63. The lowest BCUT2D eigenvalue weighted by Crippen LogP contribution is -2.35. The SMILES string of the molecule is COc1cc(OC)cc(C(=O)N2CCCN(c3cc(-c4ccc(F)cc4)[nH]n3)CC2)c1. The summed E-state index contributed by atoms with van der Waals surface area (Å²) in [6, 6.07) is 13.5. The van der Waals surface area contributed by atoms with Crippen molar-refractivity contribution in [2.24, 2.45) is 0 Å². The summed E-state index contributed by atoms with van der Waals surface area (Å²) in [6.07, 6.45) is 0.825. The molecule has 1 N–H and O–H groups in total. The summed E-state index contributed by atoms with van der Waals surface area (Å²) in [5.74, 6) is 1.67. The molecule has 0 radical (unpaired) electrons. The van der Waals surface area contributed by atoms with E-state index in [0.29, 0.717) is 36.7 Å². The highest BCUT2D eigenvalue weighted by molar-refractivity contribution is 5.95. The number of aromatic nitrogens is 2. The number of hydrogen-bond donors (Lipinski definition) is 1. The molecule has 7 nitrogen and oxygen atoms in total. The first-order valence-electron chi connectivity index (χ1n) is 10.2. The molecular weight excluding hydrogens is 399 g/mol. The molecule has 1 amide bonds. The molecule has 3 aromatic rings. The first-order chi connectivity index (χ1) is 15.1. The van der Waals surface area contributed by atoms with Gasteiger partial charge in [0, 0.05) is 43.9 Å². The quantitative estimate of drug-likeness (QED) is 0.678. The maximum absolute atomic E-state index is 13.2. The van der Waals surface area contributed by atoms with Crippen molar-refractivity contribution in [2.45, 2.75) is 6.42 Å². The van der Waals surface area contributed by atoms with Crippen molar-refractivity contribution >= 4 is 11.7 Å². The van der Waals surface area contributed by atoms with Gasteiger partial charge in [0.15, 0.2) is 5.82 Å². The Balaban J connectivity index is 1.45. The van der Waals surface area contributed by atoms with Gasteiger partial charge in [0.05, 0.1) is 19.9 Å². The largest absolute Gasteiger partial charge is 0.497 e. The highest BCUT2D eigenvalue weighted by Crippen LogP contribution is 2.25. The van der Waals surface area contributed by atoms with Gasteiger partial charge in [-0.2, -0.15) is 5.10 Å². The molecule has 8 heteroatoms. The van der Waals surface area contributed by atoms with E-state index in [2.05, 4.69) is 15.1 Å². The Morgan fingerprint density at radius 2 is 1.68 bits per heavy atom. The third-order valence-electron chi connectivity index (χ3n) is 5.43. The second-order valence-corrected chi connectivity index (χ2v) is 7.38. The van der Waals surface area contributed by atoms with E-state index in [9.17, 15) is 9.18 Å². The lowest BCUT2D eigenvalue weighted by Gasteiger charge is -2.22. The second-order valence-electron chi connectivity index (χ2n) is 7.38. The van der Waals surface area contributed by atoms with Gasteiger partial charge in [-0.25, -0.2) is 4.39 Å². The van der Waals surface area contributed by atoms with Crippen LogP contribution in [0.4, 0.5) is 10.2 Å². The zero-order chi connectivity index (χ0) is 21.8. The minimum Gasteiger partial charge on any atom is -0.497 e. The van der Waals surface area contributed by atoms with Crippen molar-refractivity contribution in [3.05, 3.63) is 59.9 Å². The molecule has 0 unspecified atom stereocenters. The average molecular weight is 424 g/mol. The Morgan fingerprint density at radius 3 is 2.35 bits per heavy atom. The number of rotatable bonds is 5. The van der Waals surface area contributed by atoms with E-state index >= 15 is 0 Å². The van der Waals surface area contributed by atoms with Crippen LogP contribution in [0.15, 0.2) is 48.5 Å². The smallest absolute Gasteiger partial charge is 0.254 e. The van der Waals surface area contributed by atoms with Crippen molar-refractivity contribution in [1.29, 1.82) is 0 Å². The standard InChI is InChI=1S/C23H25FN4O3/c1-30-19-12-17(13-20(14-19)31-2)23(29)28-9-3-8-27(10-11-28)22-15-21(25-26-22)16-4-6-18(24)7-5-16/h4-7,12-15H,3,8-11H2,1-2H3,(H,25,26). The van der Waals surface area contributed by atoms with Gasteiger partial charge in [-0.05, 0) is 48.4 Å². The summed E-state index contributed by atoms with van der Waals surface area (Å²) in [6.45, 7) is 2.70. The predicted molar refractivity (Wildman–Crippen MR) is 116 cm³/mol. The van der Waals surface area contributed by atoms with Gasteiger partial charge >= 0.3 is 0 Å². The number of H-pyrrole nitrogens is 1. The van der Waals surface area contributed by atoms with Crippen LogP contribution in [0.1, 0.15) is 16.8 Å². The Morgan fingerprint density at radius 1 is 0.968 bits per heavy atom. The van der Waals surface area contributed by atoms with E-state index in [0.717, 1.165) is 30.0 Å². The number of methoxy groups -OCH3 is 2. The fourth-order valence-electron chi connectivity index (χ4n) is 3.71. The topological polar surface area (TPSA) is 70.7 Å². The molecular formula is C23H25FN4O3. The molecule has 1 aliphatic rings. The number of anilines is 1. The Bertz CT molecular complexity index is 1030. The van der Waals surface area contributed by atoms with E-state index in [1.807, 2.05) is 11.0 Å². The molecule has 31 heavy (non-hydrogen) atoms. The predicted octanol–water partition coefficient (Wildman–Crippen LogP) is 3.59. The minimum atomic E-state index is -0.269. The highest BCUT2D eigenvalue weighted by atomic mass is 19.1. The van der Waals surface area contributed by atoms with Gasteiger partial charge < -0.3 is 19.3 Å².